The van der Waals surface area contributed by atoms with Gasteiger partial charge in [0.15, 0.2) is 0 Å². The SMILES string of the molecule is COC1CCN(c2cc(Br)ccc2CC(C)N)C1. The summed E-state index contributed by atoms with van der Waals surface area (Å²) >= 11 is 3.55. The summed E-state index contributed by atoms with van der Waals surface area (Å²) in [6, 6.07) is 6.63. The summed E-state index contributed by atoms with van der Waals surface area (Å²) in [5, 5.41) is 0. The molecule has 2 atom stereocenters. The molecule has 1 aliphatic heterocycles. The first kappa shape index (κ1) is 13.8. The number of benzene rings is 1. The van der Waals surface area contributed by atoms with Crippen LogP contribution in [0, 0.1) is 0 Å². The fourth-order valence-electron chi connectivity index (χ4n) is 2.49. The number of nitrogens with two attached hydrogens (primary N) is 1. The minimum Gasteiger partial charge on any atom is -0.380 e. The first-order valence-electron chi connectivity index (χ1n) is 6.42. The third kappa shape index (κ3) is 3.25. The standard InChI is InChI=1S/C14H21BrN2O/c1-10(16)7-11-3-4-12(15)8-14(11)17-6-5-13(9-17)18-2/h3-4,8,10,13H,5-7,9,16H2,1-2H3. The van der Waals surface area contributed by atoms with Crippen molar-refractivity contribution in [2.75, 3.05) is 25.1 Å². The van der Waals surface area contributed by atoms with Crippen LogP contribution >= 0.6 is 15.9 Å². The quantitative estimate of drug-likeness (QED) is 0.928. The molecule has 0 amide bonds. The molecular formula is C14H21BrN2O. The largest absolute Gasteiger partial charge is 0.380 e. The third-order valence-corrected chi connectivity index (χ3v) is 3.90. The summed E-state index contributed by atoms with van der Waals surface area (Å²) in [5.74, 6) is 0. The third-order valence-electron chi connectivity index (χ3n) is 3.41. The van der Waals surface area contributed by atoms with Crippen molar-refractivity contribution in [3.63, 3.8) is 0 Å². The summed E-state index contributed by atoms with van der Waals surface area (Å²) in [6.45, 7) is 4.08. The normalized spacial score (nSPS) is 21.3. The highest BCUT2D eigenvalue weighted by molar-refractivity contribution is 9.10. The number of ether oxygens (including phenoxy) is 1. The Morgan fingerprint density at radius 2 is 2.33 bits per heavy atom. The molecule has 0 spiro atoms. The predicted molar refractivity (Wildman–Crippen MR) is 79.1 cm³/mol. The van der Waals surface area contributed by atoms with E-state index in [2.05, 4.69) is 39.0 Å². The smallest absolute Gasteiger partial charge is 0.0762 e. The molecule has 0 aliphatic carbocycles. The van der Waals surface area contributed by atoms with E-state index < -0.39 is 0 Å². The minimum absolute atomic E-state index is 0.186. The van der Waals surface area contributed by atoms with E-state index in [4.69, 9.17) is 10.5 Å². The van der Waals surface area contributed by atoms with Crippen LogP contribution in [-0.4, -0.2) is 32.3 Å². The van der Waals surface area contributed by atoms with E-state index in [1.54, 1.807) is 7.11 Å². The first-order valence-corrected chi connectivity index (χ1v) is 7.21. The molecule has 0 saturated carbocycles. The fourth-order valence-corrected chi connectivity index (χ4v) is 2.84. The Kier molecular flexibility index (Phi) is 4.65. The van der Waals surface area contributed by atoms with Gasteiger partial charge in [0.05, 0.1) is 6.10 Å². The Labute approximate surface area is 117 Å². The summed E-state index contributed by atoms with van der Waals surface area (Å²) in [5.41, 5.74) is 8.55. The van der Waals surface area contributed by atoms with Gasteiger partial charge < -0.3 is 15.4 Å². The Balaban J connectivity index is 2.22. The van der Waals surface area contributed by atoms with Gasteiger partial charge in [0.1, 0.15) is 0 Å². The summed E-state index contributed by atoms with van der Waals surface area (Å²) in [4.78, 5) is 2.40. The average Bonchev–Trinajstić information content (AvgIpc) is 2.79. The summed E-state index contributed by atoms with van der Waals surface area (Å²) in [7, 11) is 1.79. The van der Waals surface area contributed by atoms with Gasteiger partial charge >= 0.3 is 0 Å². The van der Waals surface area contributed by atoms with Crippen LogP contribution in [0.1, 0.15) is 18.9 Å². The van der Waals surface area contributed by atoms with Crippen LogP contribution in [0.3, 0.4) is 0 Å². The van der Waals surface area contributed by atoms with Crippen molar-refractivity contribution in [1.29, 1.82) is 0 Å². The molecule has 1 fully saturated rings. The zero-order chi connectivity index (χ0) is 13.1. The number of nitrogens with zero attached hydrogens (tertiary/aromatic N) is 1. The zero-order valence-corrected chi connectivity index (χ0v) is 12.6. The van der Waals surface area contributed by atoms with Gasteiger partial charge in [0.25, 0.3) is 0 Å². The Morgan fingerprint density at radius 1 is 1.56 bits per heavy atom. The molecule has 1 aliphatic rings. The number of hydrogen-bond acceptors (Lipinski definition) is 3. The van der Waals surface area contributed by atoms with E-state index >= 15 is 0 Å². The second-order valence-corrected chi connectivity index (χ2v) is 5.96. The van der Waals surface area contributed by atoms with Gasteiger partial charge in [-0.1, -0.05) is 22.0 Å². The van der Waals surface area contributed by atoms with Crippen LogP contribution in [0.5, 0.6) is 0 Å². The number of methoxy groups -OCH3 is 1. The first-order chi connectivity index (χ1) is 8.60. The Morgan fingerprint density at radius 3 is 2.94 bits per heavy atom. The van der Waals surface area contributed by atoms with Crippen molar-refractivity contribution < 1.29 is 4.74 Å². The van der Waals surface area contributed by atoms with Crippen LogP contribution in [0.4, 0.5) is 5.69 Å². The van der Waals surface area contributed by atoms with Crippen LogP contribution < -0.4 is 10.6 Å². The zero-order valence-electron chi connectivity index (χ0n) is 11.0. The van der Waals surface area contributed by atoms with Gasteiger partial charge in [-0.15, -0.1) is 0 Å². The molecule has 1 aromatic rings. The van der Waals surface area contributed by atoms with E-state index in [0.29, 0.717) is 6.10 Å². The molecule has 2 N–H and O–H groups in total. The highest BCUT2D eigenvalue weighted by Crippen LogP contribution is 2.29. The van der Waals surface area contributed by atoms with Gasteiger partial charge in [-0.2, -0.15) is 0 Å². The van der Waals surface area contributed by atoms with Crippen molar-refractivity contribution in [1.82, 2.24) is 0 Å². The lowest BCUT2D eigenvalue weighted by atomic mass is 10.0. The van der Waals surface area contributed by atoms with Crippen molar-refractivity contribution in [3.05, 3.63) is 28.2 Å². The monoisotopic (exact) mass is 312 g/mol. The number of rotatable bonds is 4. The highest BCUT2D eigenvalue weighted by atomic mass is 79.9. The molecule has 18 heavy (non-hydrogen) atoms. The molecule has 0 bridgehead atoms. The lowest BCUT2D eigenvalue weighted by Crippen LogP contribution is -2.25. The summed E-state index contributed by atoms with van der Waals surface area (Å²) in [6.07, 6.45) is 2.37. The summed E-state index contributed by atoms with van der Waals surface area (Å²) < 4.78 is 6.55. The fraction of sp³-hybridized carbons (Fsp3) is 0.571. The molecule has 1 saturated heterocycles. The van der Waals surface area contributed by atoms with E-state index in [-0.39, 0.29) is 6.04 Å². The lowest BCUT2D eigenvalue weighted by Gasteiger charge is -2.23. The van der Waals surface area contributed by atoms with Crippen molar-refractivity contribution in [3.8, 4) is 0 Å². The molecular weight excluding hydrogens is 292 g/mol. The van der Waals surface area contributed by atoms with Gasteiger partial charge in [0, 0.05) is 36.4 Å². The van der Waals surface area contributed by atoms with Gasteiger partial charge in [0.2, 0.25) is 0 Å². The van der Waals surface area contributed by atoms with E-state index in [0.717, 1.165) is 30.4 Å². The van der Waals surface area contributed by atoms with Crippen molar-refractivity contribution in [2.24, 2.45) is 5.73 Å². The van der Waals surface area contributed by atoms with Crippen molar-refractivity contribution >= 4 is 21.6 Å². The van der Waals surface area contributed by atoms with E-state index in [9.17, 15) is 0 Å². The molecule has 0 aromatic heterocycles. The van der Waals surface area contributed by atoms with Crippen LogP contribution in [0.15, 0.2) is 22.7 Å². The van der Waals surface area contributed by atoms with E-state index in [1.165, 1.54) is 11.3 Å². The molecule has 2 unspecified atom stereocenters. The predicted octanol–water partition coefficient (Wildman–Crippen LogP) is 2.56. The number of halogens is 1. The molecule has 2 rings (SSSR count). The molecule has 1 heterocycles. The van der Waals surface area contributed by atoms with Gasteiger partial charge in [-0.3, -0.25) is 0 Å². The second-order valence-electron chi connectivity index (χ2n) is 5.05. The average molecular weight is 313 g/mol. The maximum atomic E-state index is 5.93. The highest BCUT2D eigenvalue weighted by Gasteiger charge is 2.24. The lowest BCUT2D eigenvalue weighted by molar-refractivity contribution is 0.121. The van der Waals surface area contributed by atoms with Crippen LogP contribution in [0.2, 0.25) is 0 Å². The number of hydrogen-bond donors (Lipinski definition) is 1. The van der Waals surface area contributed by atoms with Crippen molar-refractivity contribution in [2.45, 2.75) is 31.9 Å². The topological polar surface area (TPSA) is 38.5 Å². The van der Waals surface area contributed by atoms with E-state index in [1.807, 2.05) is 6.92 Å². The second kappa shape index (κ2) is 6.04. The number of anilines is 1. The maximum Gasteiger partial charge on any atom is 0.0762 e. The minimum atomic E-state index is 0.186. The Hall–Kier alpha value is -0.580. The Bertz CT molecular complexity index is 409. The van der Waals surface area contributed by atoms with Gasteiger partial charge in [-0.05, 0) is 37.5 Å². The van der Waals surface area contributed by atoms with Crippen LogP contribution in [-0.2, 0) is 11.2 Å². The molecule has 100 valence electrons. The molecule has 1 aromatic carbocycles. The molecule has 3 nitrogen and oxygen atoms in total. The maximum absolute atomic E-state index is 5.93. The molecule has 4 heteroatoms. The van der Waals surface area contributed by atoms with Gasteiger partial charge in [-0.25, -0.2) is 0 Å². The molecule has 0 radical (unpaired) electrons. The van der Waals surface area contributed by atoms with Crippen LogP contribution in [0.25, 0.3) is 0 Å².